The first-order chi connectivity index (χ1) is 10.3. The van der Waals surface area contributed by atoms with Crippen LogP contribution in [0, 0.1) is 0 Å². The van der Waals surface area contributed by atoms with Gasteiger partial charge in [-0.3, -0.25) is 5.32 Å². The van der Waals surface area contributed by atoms with Crippen molar-refractivity contribution in [2.75, 3.05) is 11.9 Å². The topological polar surface area (TPSA) is 70.6 Å². The van der Waals surface area contributed by atoms with Gasteiger partial charge >= 0.3 is 6.09 Å². The monoisotopic (exact) mass is 306 g/mol. The molecule has 122 valence electrons. The number of amides is 1. The number of carbonyl (C=O) groups excluding carboxylic acids is 1. The van der Waals surface area contributed by atoms with Crippen LogP contribution < -0.4 is 10.6 Å². The Labute approximate surface area is 132 Å². The van der Waals surface area contributed by atoms with Gasteiger partial charge in [-0.05, 0) is 64.3 Å². The molecule has 1 saturated heterocycles. The summed E-state index contributed by atoms with van der Waals surface area (Å²) in [6, 6.07) is 5.79. The van der Waals surface area contributed by atoms with Crippen molar-refractivity contribution in [2.45, 2.75) is 58.1 Å². The molecule has 0 spiro atoms. The molecule has 1 unspecified atom stereocenters. The van der Waals surface area contributed by atoms with E-state index in [1.807, 2.05) is 12.1 Å². The van der Waals surface area contributed by atoms with Crippen molar-refractivity contribution >= 4 is 11.8 Å². The van der Waals surface area contributed by atoms with Gasteiger partial charge in [0, 0.05) is 6.04 Å². The molecule has 0 aromatic heterocycles. The maximum Gasteiger partial charge on any atom is 0.412 e. The van der Waals surface area contributed by atoms with Crippen LogP contribution in [0.4, 0.5) is 10.5 Å². The summed E-state index contributed by atoms with van der Waals surface area (Å²) in [5.74, 6) is 0.0474. The van der Waals surface area contributed by atoms with Crippen LogP contribution in [0.25, 0.3) is 0 Å². The molecule has 0 bridgehead atoms. The number of benzene rings is 1. The Hall–Kier alpha value is -1.75. The highest BCUT2D eigenvalue weighted by molar-refractivity contribution is 5.87. The summed E-state index contributed by atoms with van der Waals surface area (Å²) in [4.78, 5) is 11.8. The summed E-state index contributed by atoms with van der Waals surface area (Å²) in [6.45, 7) is 6.47. The fourth-order valence-corrected chi connectivity index (χ4v) is 2.61. The largest absolute Gasteiger partial charge is 0.506 e. The van der Waals surface area contributed by atoms with E-state index in [-0.39, 0.29) is 5.75 Å². The van der Waals surface area contributed by atoms with Gasteiger partial charge in [0.25, 0.3) is 0 Å². The minimum atomic E-state index is -0.566. The van der Waals surface area contributed by atoms with Crippen LogP contribution in [0.1, 0.15) is 45.6 Å². The average Bonchev–Trinajstić information content (AvgIpc) is 2.41. The minimum Gasteiger partial charge on any atom is -0.506 e. The van der Waals surface area contributed by atoms with E-state index in [2.05, 4.69) is 10.6 Å². The number of rotatable bonds is 3. The second kappa shape index (κ2) is 7.01. The average molecular weight is 306 g/mol. The van der Waals surface area contributed by atoms with Crippen molar-refractivity contribution in [1.82, 2.24) is 5.32 Å². The smallest absolute Gasteiger partial charge is 0.412 e. The van der Waals surface area contributed by atoms with Gasteiger partial charge in [0.15, 0.2) is 0 Å². The van der Waals surface area contributed by atoms with Crippen LogP contribution in [0.5, 0.6) is 5.75 Å². The van der Waals surface area contributed by atoms with Gasteiger partial charge in [-0.25, -0.2) is 4.79 Å². The van der Waals surface area contributed by atoms with E-state index in [9.17, 15) is 9.90 Å². The number of phenols is 1. The van der Waals surface area contributed by atoms with Crippen molar-refractivity contribution in [2.24, 2.45) is 0 Å². The molecule has 1 fully saturated rings. The van der Waals surface area contributed by atoms with Crippen molar-refractivity contribution in [3.8, 4) is 5.75 Å². The van der Waals surface area contributed by atoms with E-state index in [1.54, 1.807) is 26.8 Å². The maximum absolute atomic E-state index is 11.8. The zero-order valence-corrected chi connectivity index (χ0v) is 13.6. The Balaban J connectivity index is 2.01. The highest BCUT2D eigenvalue weighted by atomic mass is 16.6. The predicted octanol–water partition coefficient (Wildman–Crippen LogP) is 3.42. The van der Waals surface area contributed by atoms with Crippen LogP contribution in [0.2, 0.25) is 0 Å². The zero-order valence-electron chi connectivity index (χ0n) is 13.6. The molecule has 1 aliphatic rings. The second-order valence-corrected chi connectivity index (χ2v) is 6.83. The molecule has 22 heavy (non-hydrogen) atoms. The van der Waals surface area contributed by atoms with Crippen LogP contribution in [-0.2, 0) is 11.2 Å². The molecule has 1 aromatic carbocycles. The van der Waals surface area contributed by atoms with Crippen molar-refractivity contribution in [1.29, 1.82) is 0 Å². The molecule has 0 saturated carbocycles. The summed E-state index contributed by atoms with van der Waals surface area (Å²) in [6.07, 6.45) is 3.98. The molecule has 0 radical (unpaired) electrons. The highest BCUT2D eigenvalue weighted by Crippen LogP contribution is 2.26. The van der Waals surface area contributed by atoms with Gasteiger partial charge < -0.3 is 15.2 Å². The summed E-state index contributed by atoms with van der Waals surface area (Å²) >= 11 is 0. The van der Waals surface area contributed by atoms with E-state index in [0.717, 1.165) is 24.9 Å². The Bertz CT molecular complexity index is 517. The van der Waals surface area contributed by atoms with E-state index in [0.29, 0.717) is 11.7 Å². The SMILES string of the molecule is CC(C)(C)OC(=O)Nc1cc(CC2CCCCN2)ccc1O. The highest BCUT2D eigenvalue weighted by Gasteiger charge is 2.18. The molecule has 1 amide bonds. The maximum atomic E-state index is 11.8. The fraction of sp³-hybridized carbons (Fsp3) is 0.588. The number of hydrogen-bond acceptors (Lipinski definition) is 4. The van der Waals surface area contributed by atoms with E-state index in [4.69, 9.17) is 4.74 Å². The number of carbonyl (C=O) groups is 1. The van der Waals surface area contributed by atoms with Crippen LogP contribution >= 0.6 is 0 Å². The number of aromatic hydroxyl groups is 1. The molecular formula is C17H26N2O3. The normalized spacial score (nSPS) is 18.8. The van der Waals surface area contributed by atoms with Crippen LogP contribution in [0.3, 0.4) is 0 Å². The number of phenolic OH excluding ortho intramolecular Hbond substituents is 1. The predicted molar refractivity (Wildman–Crippen MR) is 87.3 cm³/mol. The molecule has 1 aromatic rings. The lowest BCUT2D eigenvalue weighted by Crippen LogP contribution is -2.35. The molecule has 1 atom stereocenters. The Morgan fingerprint density at radius 2 is 2.18 bits per heavy atom. The number of hydrogen-bond donors (Lipinski definition) is 3. The third-order valence-electron chi connectivity index (χ3n) is 3.59. The molecule has 5 nitrogen and oxygen atoms in total. The number of nitrogens with one attached hydrogen (secondary N) is 2. The molecule has 2 rings (SSSR count). The van der Waals surface area contributed by atoms with Crippen molar-refractivity contribution in [3.63, 3.8) is 0 Å². The first-order valence-corrected chi connectivity index (χ1v) is 7.89. The molecular weight excluding hydrogens is 280 g/mol. The van der Waals surface area contributed by atoms with E-state index < -0.39 is 11.7 Å². The summed E-state index contributed by atoms with van der Waals surface area (Å²) in [5, 5.41) is 16.0. The van der Waals surface area contributed by atoms with Crippen LogP contribution in [0.15, 0.2) is 18.2 Å². The quantitative estimate of drug-likeness (QED) is 0.748. The number of ether oxygens (including phenoxy) is 1. The molecule has 3 N–H and O–H groups in total. The Morgan fingerprint density at radius 1 is 1.41 bits per heavy atom. The molecule has 0 aliphatic carbocycles. The number of anilines is 1. The standard InChI is InChI=1S/C17H26N2O3/c1-17(2,3)22-16(21)19-14-11-12(7-8-15(14)20)10-13-6-4-5-9-18-13/h7-8,11,13,18,20H,4-6,9-10H2,1-3H3,(H,19,21). The molecule has 5 heteroatoms. The van der Waals surface area contributed by atoms with Gasteiger partial charge in [-0.15, -0.1) is 0 Å². The lowest BCUT2D eigenvalue weighted by molar-refractivity contribution is 0.0635. The third kappa shape index (κ3) is 5.22. The molecule has 1 aliphatic heterocycles. The van der Waals surface area contributed by atoms with Gasteiger partial charge in [-0.2, -0.15) is 0 Å². The number of piperidine rings is 1. The van der Waals surface area contributed by atoms with Gasteiger partial charge in [0.2, 0.25) is 0 Å². The van der Waals surface area contributed by atoms with E-state index >= 15 is 0 Å². The summed E-state index contributed by atoms with van der Waals surface area (Å²) < 4.78 is 5.21. The van der Waals surface area contributed by atoms with Crippen molar-refractivity contribution < 1.29 is 14.6 Å². The third-order valence-corrected chi connectivity index (χ3v) is 3.59. The molecule has 1 heterocycles. The van der Waals surface area contributed by atoms with E-state index in [1.165, 1.54) is 12.8 Å². The lowest BCUT2D eigenvalue weighted by atomic mass is 9.97. The Morgan fingerprint density at radius 3 is 2.82 bits per heavy atom. The first-order valence-electron chi connectivity index (χ1n) is 7.89. The van der Waals surface area contributed by atoms with Crippen LogP contribution in [-0.4, -0.2) is 29.4 Å². The second-order valence-electron chi connectivity index (χ2n) is 6.83. The van der Waals surface area contributed by atoms with Gasteiger partial charge in [0.05, 0.1) is 5.69 Å². The van der Waals surface area contributed by atoms with Gasteiger partial charge in [-0.1, -0.05) is 12.5 Å². The van der Waals surface area contributed by atoms with Gasteiger partial charge in [0.1, 0.15) is 11.4 Å². The van der Waals surface area contributed by atoms with Crippen molar-refractivity contribution in [3.05, 3.63) is 23.8 Å². The fourth-order valence-electron chi connectivity index (χ4n) is 2.61. The Kier molecular flexibility index (Phi) is 5.29. The zero-order chi connectivity index (χ0) is 16.2. The first kappa shape index (κ1) is 16.6. The summed E-state index contributed by atoms with van der Waals surface area (Å²) in [7, 11) is 0. The summed E-state index contributed by atoms with van der Waals surface area (Å²) in [5.41, 5.74) is 0.911. The minimum absolute atomic E-state index is 0.0474. The lowest BCUT2D eigenvalue weighted by Gasteiger charge is -2.24.